The molecule has 0 saturated carbocycles. The van der Waals surface area contributed by atoms with Gasteiger partial charge in [-0.1, -0.05) is 0 Å². The van der Waals surface area contributed by atoms with E-state index in [0.717, 1.165) is 26.2 Å². The lowest BCUT2D eigenvalue weighted by atomic mass is 9.93. The predicted molar refractivity (Wildman–Crippen MR) is 112 cm³/mol. The number of fused-ring (bicyclic) bond motifs is 2. The van der Waals surface area contributed by atoms with E-state index in [0.29, 0.717) is 13.2 Å². The van der Waals surface area contributed by atoms with E-state index in [2.05, 4.69) is 0 Å². The molecular formula is C19H36O11P2-2. The van der Waals surface area contributed by atoms with E-state index in [1.165, 1.54) is 7.11 Å². The van der Waals surface area contributed by atoms with Crippen molar-refractivity contribution >= 4 is 15.2 Å². The van der Waals surface area contributed by atoms with Gasteiger partial charge >= 0.3 is 0 Å². The molecule has 4 unspecified atom stereocenters. The molecule has 0 radical (unpaired) electrons. The van der Waals surface area contributed by atoms with E-state index in [-0.39, 0.29) is 43.5 Å². The minimum atomic E-state index is -3.81. The Bertz CT molecular complexity index is 680. The van der Waals surface area contributed by atoms with Crippen LogP contribution >= 0.6 is 15.2 Å². The average molecular weight is 502 g/mol. The van der Waals surface area contributed by atoms with Crippen molar-refractivity contribution < 1.29 is 51.6 Å². The Morgan fingerprint density at radius 2 is 1.69 bits per heavy atom. The zero-order valence-electron chi connectivity index (χ0n) is 19.6. The van der Waals surface area contributed by atoms with E-state index < -0.39 is 26.9 Å². The number of methoxy groups -OCH3 is 2. The van der Waals surface area contributed by atoms with Gasteiger partial charge in [0.15, 0.2) is 0 Å². The third-order valence-corrected chi connectivity index (χ3v) is 6.95. The van der Waals surface area contributed by atoms with E-state index in [1.807, 2.05) is 13.8 Å². The lowest BCUT2D eigenvalue weighted by molar-refractivity contribution is -0.206. The Balaban J connectivity index is 0.000000227. The van der Waals surface area contributed by atoms with Gasteiger partial charge in [-0.25, -0.2) is 0 Å². The smallest absolute Gasteiger partial charge is 0.144 e. The Morgan fingerprint density at radius 1 is 1.00 bits per heavy atom. The number of ether oxygens (including phenoxy) is 5. The first-order valence-corrected chi connectivity index (χ1v) is 14.6. The summed E-state index contributed by atoms with van der Waals surface area (Å²) < 4.78 is 59.0. The molecule has 0 spiro atoms. The largest absolute Gasteiger partial charge is 0.779 e. The van der Waals surface area contributed by atoms with Gasteiger partial charge in [-0.3, -0.25) is 0 Å². The molecule has 190 valence electrons. The molecule has 13 heteroatoms. The van der Waals surface area contributed by atoms with Gasteiger partial charge in [0.1, 0.15) is 33.0 Å². The molecule has 3 aliphatic rings. The van der Waals surface area contributed by atoms with Crippen LogP contribution in [-0.2, 0) is 41.9 Å². The molecule has 9 atom stereocenters. The quantitative estimate of drug-likeness (QED) is 0.412. The lowest BCUT2D eigenvalue weighted by Crippen LogP contribution is -2.46. The van der Waals surface area contributed by atoms with Crippen molar-refractivity contribution in [2.45, 2.75) is 62.8 Å². The van der Waals surface area contributed by atoms with Crippen LogP contribution in [0.5, 0.6) is 0 Å². The van der Waals surface area contributed by atoms with Gasteiger partial charge in [0.2, 0.25) is 0 Å². The molecule has 3 fully saturated rings. The average Bonchev–Trinajstić information content (AvgIpc) is 3.09. The first-order chi connectivity index (χ1) is 14.8. The van der Waals surface area contributed by atoms with Gasteiger partial charge in [-0.2, -0.15) is 0 Å². The van der Waals surface area contributed by atoms with Crippen LogP contribution in [0.2, 0.25) is 0 Å². The minimum absolute atomic E-state index is 0.0143. The molecule has 0 aromatic rings. The maximum atomic E-state index is 11.2. The van der Waals surface area contributed by atoms with Crippen molar-refractivity contribution in [3.63, 3.8) is 0 Å². The van der Waals surface area contributed by atoms with Gasteiger partial charge in [0, 0.05) is 33.5 Å². The molecule has 3 aliphatic heterocycles. The highest BCUT2D eigenvalue weighted by atomic mass is 31.2. The third kappa shape index (κ3) is 8.10. The summed E-state index contributed by atoms with van der Waals surface area (Å²) >= 11 is 0. The van der Waals surface area contributed by atoms with E-state index >= 15 is 0 Å². The highest BCUT2D eigenvalue weighted by Crippen LogP contribution is 2.48. The summed E-state index contributed by atoms with van der Waals surface area (Å²) in [6.45, 7) is 7.30. The topological polar surface area (TPSA) is 145 Å². The van der Waals surface area contributed by atoms with Gasteiger partial charge in [-0.05, 0) is 26.7 Å². The molecule has 0 aliphatic carbocycles. The normalized spacial score (nSPS) is 40.2. The fourth-order valence-corrected chi connectivity index (χ4v) is 5.45. The predicted octanol–water partition coefficient (Wildman–Crippen LogP) is 0.774. The zero-order valence-corrected chi connectivity index (χ0v) is 21.4. The fraction of sp³-hybridized carbons (Fsp3) is 1.00. The monoisotopic (exact) mass is 502 g/mol. The standard InChI is InChI=1S/C10H21O5P.C9H17O6P/c1-8-9(6-14-16(3,11)12)4-5-10(15-8)7-13-2;1-6-7-8(15-16(3,10)11)9(14-6,4-12-2)5-13-7/h8-10H,4-7H2,1-3H3,(H,11,12);6-8H,4-5H2,1-3H3,(H,10,11)/p-2/t8-,9+,10?;6-,7?,8+,9-/m00/s1. The Labute approximate surface area is 190 Å². The second-order valence-corrected chi connectivity index (χ2v) is 12.3. The number of hydrogen-bond donors (Lipinski definition) is 0. The molecule has 0 aromatic heterocycles. The first kappa shape index (κ1) is 28.3. The lowest BCUT2D eigenvalue weighted by Gasteiger charge is -2.35. The minimum Gasteiger partial charge on any atom is -0.779 e. The van der Waals surface area contributed by atoms with Crippen molar-refractivity contribution in [1.82, 2.24) is 0 Å². The van der Waals surface area contributed by atoms with E-state index in [9.17, 15) is 18.9 Å². The second-order valence-electron chi connectivity index (χ2n) is 8.72. The maximum Gasteiger partial charge on any atom is 0.144 e. The van der Waals surface area contributed by atoms with Crippen molar-refractivity contribution in [2.24, 2.45) is 5.92 Å². The Morgan fingerprint density at radius 3 is 2.19 bits per heavy atom. The molecule has 3 heterocycles. The Hall–Kier alpha value is 0.1000. The molecule has 2 bridgehead atoms. The van der Waals surface area contributed by atoms with Crippen molar-refractivity contribution in [3.05, 3.63) is 0 Å². The van der Waals surface area contributed by atoms with Crippen molar-refractivity contribution in [1.29, 1.82) is 0 Å². The molecule has 3 saturated heterocycles. The number of rotatable bonds is 9. The molecule has 11 nitrogen and oxygen atoms in total. The highest BCUT2D eigenvalue weighted by molar-refractivity contribution is 7.50. The summed E-state index contributed by atoms with van der Waals surface area (Å²) in [5.41, 5.74) is -0.783. The van der Waals surface area contributed by atoms with Crippen LogP contribution in [0.15, 0.2) is 0 Å². The molecule has 0 aromatic carbocycles. The van der Waals surface area contributed by atoms with Crippen LogP contribution in [0.1, 0.15) is 26.7 Å². The van der Waals surface area contributed by atoms with Gasteiger partial charge in [-0.15, -0.1) is 0 Å². The van der Waals surface area contributed by atoms with Crippen molar-refractivity contribution in [3.8, 4) is 0 Å². The van der Waals surface area contributed by atoms with Crippen molar-refractivity contribution in [2.75, 3.05) is 54.0 Å². The maximum absolute atomic E-state index is 11.2. The fourth-order valence-electron chi connectivity index (χ4n) is 4.27. The van der Waals surface area contributed by atoms with Crippen LogP contribution in [0, 0.1) is 5.92 Å². The van der Waals surface area contributed by atoms with E-state index in [4.69, 9.17) is 32.7 Å². The first-order valence-electron chi connectivity index (χ1n) is 10.6. The summed E-state index contributed by atoms with van der Waals surface area (Å²) in [6, 6.07) is 0. The van der Waals surface area contributed by atoms with Gasteiger partial charge < -0.3 is 51.6 Å². The summed E-state index contributed by atoms with van der Waals surface area (Å²) in [6.07, 6.45) is 0.819. The molecule has 0 N–H and O–H groups in total. The SMILES string of the molecule is COCC1CC[C@H](COP(C)(=O)[O-])[C@H](C)O1.COC[C@@]12COC([C@H](C)O1)[C@H]2OP(C)(=O)[O-]. The van der Waals surface area contributed by atoms with Crippen LogP contribution in [0.3, 0.4) is 0 Å². The molecule has 32 heavy (non-hydrogen) atoms. The van der Waals surface area contributed by atoms with Crippen LogP contribution < -0.4 is 9.79 Å². The summed E-state index contributed by atoms with van der Waals surface area (Å²) in [4.78, 5) is 22.1. The highest BCUT2D eigenvalue weighted by Gasteiger charge is 2.61. The summed E-state index contributed by atoms with van der Waals surface area (Å²) in [5, 5.41) is 0. The Kier molecular flexibility index (Phi) is 10.4. The summed E-state index contributed by atoms with van der Waals surface area (Å²) in [7, 11) is -4.24. The van der Waals surface area contributed by atoms with Gasteiger partial charge in [0.25, 0.3) is 0 Å². The van der Waals surface area contributed by atoms with Crippen LogP contribution in [0.4, 0.5) is 0 Å². The molecule has 3 rings (SSSR count). The molecule has 0 amide bonds. The van der Waals surface area contributed by atoms with E-state index in [1.54, 1.807) is 7.11 Å². The van der Waals surface area contributed by atoms with Gasteiger partial charge in [0.05, 0.1) is 44.7 Å². The van der Waals surface area contributed by atoms with Crippen LogP contribution in [-0.4, -0.2) is 90.1 Å². The number of hydrogen-bond acceptors (Lipinski definition) is 11. The zero-order chi connectivity index (χ0) is 24.2. The second kappa shape index (κ2) is 11.7. The third-order valence-electron chi connectivity index (χ3n) is 5.72. The van der Waals surface area contributed by atoms with Crippen LogP contribution in [0.25, 0.3) is 0 Å². The summed E-state index contributed by atoms with van der Waals surface area (Å²) in [5.74, 6) is 0.148. The molecular weight excluding hydrogens is 466 g/mol.